The normalized spacial score (nSPS) is 15.5. The van der Waals surface area contributed by atoms with Crippen molar-refractivity contribution in [2.75, 3.05) is 37.4 Å². The molecule has 0 saturated heterocycles. The van der Waals surface area contributed by atoms with Gasteiger partial charge in [0.25, 0.3) is 5.91 Å². The van der Waals surface area contributed by atoms with E-state index in [1.165, 1.54) is 6.07 Å². The molecule has 32 heavy (non-hydrogen) atoms. The maximum Gasteiger partial charge on any atom is 0.263 e. The first kappa shape index (κ1) is 24.0. The molecule has 1 aliphatic heterocycles. The Balaban J connectivity index is 1.58. The Labute approximate surface area is 193 Å². The Bertz CT molecular complexity index is 1080. The number of methoxy groups -OCH3 is 1. The van der Waals surface area contributed by atoms with Crippen LogP contribution in [0.2, 0.25) is 5.02 Å². The predicted octanol–water partition coefficient (Wildman–Crippen LogP) is 3.02. The van der Waals surface area contributed by atoms with Crippen molar-refractivity contribution >= 4 is 33.2 Å². The smallest absolute Gasteiger partial charge is 0.263 e. The highest BCUT2D eigenvalue weighted by molar-refractivity contribution is 7.92. The van der Waals surface area contributed by atoms with Crippen molar-refractivity contribution in [2.24, 2.45) is 0 Å². The number of nitrogens with zero attached hydrogens (tertiary/aromatic N) is 1. The van der Waals surface area contributed by atoms with E-state index in [1.807, 2.05) is 25.1 Å². The van der Waals surface area contributed by atoms with Crippen molar-refractivity contribution < 1.29 is 27.4 Å². The Morgan fingerprint density at radius 2 is 2.03 bits per heavy atom. The summed E-state index contributed by atoms with van der Waals surface area (Å²) in [6.45, 7) is 2.77. The summed E-state index contributed by atoms with van der Waals surface area (Å²) >= 11 is 6.00. The van der Waals surface area contributed by atoms with E-state index in [4.69, 9.17) is 25.8 Å². The van der Waals surface area contributed by atoms with Gasteiger partial charge in [0, 0.05) is 11.6 Å². The lowest BCUT2D eigenvalue weighted by molar-refractivity contribution is -0.127. The number of hydrogen-bond acceptors (Lipinski definition) is 6. The van der Waals surface area contributed by atoms with Crippen LogP contribution in [0.4, 0.5) is 5.69 Å². The van der Waals surface area contributed by atoms with Gasteiger partial charge in [-0.2, -0.15) is 0 Å². The van der Waals surface area contributed by atoms with Crippen LogP contribution >= 0.6 is 11.6 Å². The molecule has 3 rings (SSSR count). The molecule has 174 valence electrons. The van der Waals surface area contributed by atoms with Crippen LogP contribution in [0, 0.1) is 0 Å². The lowest BCUT2D eigenvalue weighted by Crippen LogP contribution is -2.50. The molecule has 2 aromatic rings. The molecule has 0 saturated carbocycles. The molecule has 1 heterocycles. The van der Waals surface area contributed by atoms with Gasteiger partial charge < -0.3 is 19.5 Å². The van der Waals surface area contributed by atoms with E-state index in [2.05, 4.69) is 5.32 Å². The van der Waals surface area contributed by atoms with Gasteiger partial charge in [0.15, 0.2) is 17.6 Å². The van der Waals surface area contributed by atoms with Gasteiger partial charge in [-0.05, 0) is 55.7 Å². The van der Waals surface area contributed by atoms with Gasteiger partial charge in [-0.15, -0.1) is 0 Å². The molecule has 0 aromatic heterocycles. The lowest BCUT2D eigenvalue weighted by Gasteiger charge is -2.34. The van der Waals surface area contributed by atoms with E-state index in [9.17, 15) is 13.2 Å². The molecule has 0 radical (unpaired) electrons. The number of benzene rings is 2. The van der Waals surface area contributed by atoms with Gasteiger partial charge in [-0.25, -0.2) is 8.42 Å². The molecule has 0 bridgehead atoms. The number of halogens is 1. The summed E-state index contributed by atoms with van der Waals surface area (Å²) in [6, 6.07) is 10.4. The SMILES string of the molecule is CCOc1ccc(CCCNC(=O)C2CN(S(C)(=O)=O)c3cc(Cl)ccc3O2)cc1OC. The number of carbonyl (C=O) groups excluding carboxylic acids is 1. The first-order valence-electron chi connectivity index (χ1n) is 10.2. The zero-order valence-electron chi connectivity index (χ0n) is 18.3. The van der Waals surface area contributed by atoms with Crippen LogP contribution in [0.5, 0.6) is 17.2 Å². The fraction of sp³-hybridized carbons (Fsp3) is 0.409. The summed E-state index contributed by atoms with van der Waals surface area (Å²) in [4.78, 5) is 12.7. The fourth-order valence-corrected chi connectivity index (χ4v) is 4.51. The molecule has 0 aliphatic carbocycles. The number of nitrogens with one attached hydrogen (secondary N) is 1. The number of ether oxygens (including phenoxy) is 3. The maximum atomic E-state index is 12.7. The first-order valence-corrected chi connectivity index (χ1v) is 12.5. The predicted molar refractivity (Wildman–Crippen MR) is 124 cm³/mol. The Hall–Kier alpha value is -2.65. The van der Waals surface area contributed by atoms with E-state index >= 15 is 0 Å². The molecular formula is C22H27ClN2O6S. The van der Waals surface area contributed by atoms with Crippen molar-refractivity contribution in [3.8, 4) is 17.2 Å². The third-order valence-corrected chi connectivity index (χ3v) is 6.33. The zero-order chi connectivity index (χ0) is 23.3. The summed E-state index contributed by atoms with van der Waals surface area (Å²) in [7, 11) is -2.01. The second-order valence-corrected chi connectivity index (χ2v) is 9.67. The highest BCUT2D eigenvalue weighted by Crippen LogP contribution is 2.37. The molecule has 1 amide bonds. The summed E-state index contributed by atoms with van der Waals surface area (Å²) in [6.07, 6.45) is 1.55. The zero-order valence-corrected chi connectivity index (χ0v) is 19.8. The molecule has 2 aromatic carbocycles. The molecule has 1 atom stereocenters. The maximum absolute atomic E-state index is 12.7. The number of anilines is 1. The van der Waals surface area contributed by atoms with E-state index in [1.54, 1.807) is 19.2 Å². The van der Waals surface area contributed by atoms with Crippen molar-refractivity contribution in [3.05, 3.63) is 47.0 Å². The number of sulfonamides is 1. The molecule has 8 nitrogen and oxygen atoms in total. The standard InChI is InChI=1S/C22H27ClN2O6S/c1-4-30-19-9-7-15(12-20(19)29-2)6-5-11-24-22(26)21-14-25(32(3,27)28)17-13-16(23)8-10-18(17)31-21/h7-10,12-13,21H,4-6,11,14H2,1-3H3,(H,24,26). The van der Waals surface area contributed by atoms with Gasteiger partial charge in [-0.3, -0.25) is 9.10 Å². The van der Waals surface area contributed by atoms with Crippen molar-refractivity contribution in [1.29, 1.82) is 0 Å². The second-order valence-electron chi connectivity index (χ2n) is 7.33. The highest BCUT2D eigenvalue weighted by Gasteiger charge is 2.35. The number of aryl methyl sites for hydroxylation is 1. The van der Waals surface area contributed by atoms with Gasteiger partial charge in [0.2, 0.25) is 10.0 Å². The van der Waals surface area contributed by atoms with E-state index in [0.29, 0.717) is 47.5 Å². The first-order chi connectivity index (χ1) is 15.2. The number of amides is 1. The van der Waals surface area contributed by atoms with Crippen molar-refractivity contribution in [2.45, 2.75) is 25.9 Å². The minimum atomic E-state index is -3.61. The van der Waals surface area contributed by atoms with Crippen molar-refractivity contribution in [1.82, 2.24) is 5.32 Å². The topological polar surface area (TPSA) is 94.2 Å². The largest absolute Gasteiger partial charge is 0.493 e. The van der Waals surface area contributed by atoms with Crippen molar-refractivity contribution in [3.63, 3.8) is 0 Å². The number of rotatable bonds is 9. The molecule has 1 unspecified atom stereocenters. The fourth-order valence-electron chi connectivity index (χ4n) is 3.44. The third-order valence-electron chi connectivity index (χ3n) is 4.95. The Morgan fingerprint density at radius 3 is 2.72 bits per heavy atom. The Kier molecular flexibility index (Phi) is 7.73. The quantitative estimate of drug-likeness (QED) is 0.552. The van der Waals surface area contributed by atoms with Crippen LogP contribution in [0.15, 0.2) is 36.4 Å². The molecule has 0 fully saturated rings. The van der Waals surface area contributed by atoms with Crippen LogP contribution in [0.3, 0.4) is 0 Å². The average molecular weight is 483 g/mol. The van der Waals surface area contributed by atoms with Crippen LogP contribution in [0.25, 0.3) is 0 Å². The summed E-state index contributed by atoms with van der Waals surface area (Å²) < 4.78 is 42.3. The molecule has 1 aliphatic rings. The lowest BCUT2D eigenvalue weighted by atomic mass is 10.1. The van der Waals surface area contributed by atoms with Gasteiger partial charge in [-0.1, -0.05) is 17.7 Å². The third kappa shape index (κ3) is 5.77. The molecule has 1 N–H and O–H groups in total. The molecule has 0 spiro atoms. The Morgan fingerprint density at radius 1 is 1.25 bits per heavy atom. The summed E-state index contributed by atoms with van der Waals surface area (Å²) in [5.41, 5.74) is 1.39. The van der Waals surface area contributed by atoms with Gasteiger partial charge >= 0.3 is 0 Å². The van der Waals surface area contributed by atoms with Crippen LogP contribution in [0.1, 0.15) is 18.9 Å². The van der Waals surface area contributed by atoms with Gasteiger partial charge in [0.05, 0.1) is 32.2 Å². The molecule has 10 heteroatoms. The number of carbonyl (C=O) groups is 1. The van der Waals surface area contributed by atoms with Crippen LogP contribution < -0.4 is 23.8 Å². The minimum Gasteiger partial charge on any atom is -0.493 e. The van der Waals surface area contributed by atoms with E-state index in [-0.39, 0.29) is 12.5 Å². The van der Waals surface area contributed by atoms with Crippen LogP contribution in [-0.2, 0) is 21.2 Å². The minimum absolute atomic E-state index is 0.117. The molecular weight excluding hydrogens is 456 g/mol. The monoisotopic (exact) mass is 482 g/mol. The highest BCUT2D eigenvalue weighted by atomic mass is 35.5. The summed E-state index contributed by atoms with van der Waals surface area (Å²) in [5, 5.41) is 3.21. The average Bonchev–Trinajstić information content (AvgIpc) is 2.76. The van der Waals surface area contributed by atoms with Crippen LogP contribution in [-0.4, -0.2) is 53.5 Å². The number of hydrogen-bond donors (Lipinski definition) is 1. The van der Waals surface area contributed by atoms with E-state index in [0.717, 1.165) is 22.5 Å². The second kappa shape index (κ2) is 10.3. The van der Waals surface area contributed by atoms with E-state index < -0.39 is 16.1 Å². The number of fused-ring (bicyclic) bond motifs is 1. The van der Waals surface area contributed by atoms with Gasteiger partial charge in [0.1, 0.15) is 5.75 Å². The summed E-state index contributed by atoms with van der Waals surface area (Å²) in [5.74, 6) is 1.29.